The topological polar surface area (TPSA) is 51.0 Å². The molecule has 2 heterocycles. The van der Waals surface area contributed by atoms with E-state index in [0.717, 1.165) is 40.6 Å². The Morgan fingerprint density at radius 2 is 1.71 bits per heavy atom. The molecular weight excluding hydrogens is 348 g/mol. The molecule has 0 N–H and O–H groups in total. The molecule has 5 rings (SSSR count). The molecule has 0 bridgehead atoms. The molecule has 0 radical (unpaired) electrons. The number of fused-ring (bicyclic) bond motifs is 1. The molecule has 1 aliphatic heterocycles. The number of hydrogen-bond donors (Lipinski definition) is 0. The smallest absolute Gasteiger partial charge is 0.254 e. The first kappa shape index (κ1) is 16.7. The molecule has 1 atom stereocenters. The molecule has 1 unspecified atom stereocenters. The number of hydrogen-bond acceptors (Lipinski definition) is 3. The molecule has 1 fully saturated rings. The molecule has 1 saturated heterocycles. The van der Waals surface area contributed by atoms with Gasteiger partial charge in [0.1, 0.15) is 5.69 Å². The Balaban J connectivity index is 1.36. The van der Waals surface area contributed by atoms with Gasteiger partial charge in [-0.05, 0) is 23.3 Å². The number of rotatable bonds is 3. The summed E-state index contributed by atoms with van der Waals surface area (Å²) in [4.78, 5) is 15.1. The van der Waals surface area contributed by atoms with Crippen molar-refractivity contribution < 1.29 is 4.79 Å². The maximum absolute atomic E-state index is 13.1. The van der Waals surface area contributed by atoms with E-state index in [0.29, 0.717) is 6.54 Å². The van der Waals surface area contributed by atoms with Crippen LogP contribution in [0.1, 0.15) is 22.8 Å². The van der Waals surface area contributed by atoms with Crippen LogP contribution in [0.25, 0.3) is 22.0 Å². The fourth-order valence-corrected chi connectivity index (χ4v) is 3.92. The van der Waals surface area contributed by atoms with Crippen LogP contribution in [0.4, 0.5) is 0 Å². The highest BCUT2D eigenvalue weighted by Crippen LogP contribution is 2.27. The number of nitrogens with zero attached hydrogens (tertiary/aromatic N) is 4. The minimum atomic E-state index is 0.0858. The van der Waals surface area contributed by atoms with E-state index in [4.69, 9.17) is 0 Å². The van der Waals surface area contributed by atoms with Gasteiger partial charge in [-0.1, -0.05) is 71.9 Å². The van der Waals surface area contributed by atoms with Crippen LogP contribution < -0.4 is 0 Å². The summed E-state index contributed by atoms with van der Waals surface area (Å²) in [5, 5.41) is 10.7. The van der Waals surface area contributed by atoms with Crippen molar-refractivity contribution >= 4 is 16.7 Å². The van der Waals surface area contributed by atoms with Crippen molar-refractivity contribution in [1.29, 1.82) is 0 Å². The zero-order chi connectivity index (χ0) is 18.9. The summed E-state index contributed by atoms with van der Waals surface area (Å²) in [7, 11) is 0. The summed E-state index contributed by atoms with van der Waals surface area (Å²) in [5.41, 5.74) is 2.68. The molecule has 0 aliphatic carbocycles. The van der Waals surface area contributed by atoms with Gasteiger partial charge in [0, 0.05) is 24.2 Å². The predicted octanol–water partition coefficient (Wildman–Crippen LogP) is 4.19. The second-order valence-corrected chi connectivity index (χ2v) is 7.17. The first-order chi connectivity index (χ1) is 13.8. The number of benzene rings is 3. The van der Waals surface area contributed by atoms with Crippen LogP contribution >= 0.6 is 0 Å². The monoisotopic (exact) mass is 368 g/mol. The molecule has 1 aliphatic rings. The SMILES string of the molecule is O=C(c1cccc2ccccc12)N1CCC(n2cc(-c3ccccc3)nn2)C1. The van der Waals surface area contributed by atoms with E-state index in [1.165, 1.54) is 0 Å². The summed E-state index contributed by atoms with van der Waals surface area (Å²) in [6.45, 7) is 1.38. The molecule has 5 heteroatoms. The van der Waals surface area contributed by atoms with Gasteiger partial charge in [-0.2, -0.15) is 0 Å². The van der Waals surface area contributed by atoms with Gasteiger partial charge in [0.15, 0.2) is 0 Å². The predicted molar refractivity (Wildman–Crippen MR) is 109 cm³/mol. The summed E-state index contributed by atoms with van der Waals surface area (Å²) in [5.74, 6) is 0.0858. The molecular formula is C23H20N4O. The zero-order valence-corrected chi connectivity index (χ0v) is 15.4. The van der Waals surface area contributed by atoms with Gasteiger partial charge < -0.3 is 4.90 Å². The second-order valence-electron chi connectivity index (χ2n) is 7.17. The van der Waals surface area contributed by atoms with Gasteiger partial charge in [-0.25, -0.2) is 4.68 Å². The molecule has 1 aromatic heterocycles. The lowest BCUT2D eigenvalue weighted by Gasteiger charge is -2.17. The Bertz CT molecular complexity index is 1130. The summed E-state index contributed by atoms with van der Waals surface area (Å²) >= 11 is 0. The Labute approximate surface area is 163 Å². The number of carbonyl (C=O) groups is 1. The third kappa shape index (κ3) is 2.95. The highest BCUT2D eigenvalue weighted by Gasteiger charge is 2.29. The van der Waals surface area contributed by atoms with Crippen molar-refractivity contribution in [3.63, 3.8) is 0 Å². The average Bonchev–Trinajstić information content (AvgIpc) is 3.43. The highest BCUT2D eigenvalue weighted by atomic mass is 16.2. The van der Waals surface area contributed by atoms with Crippen LogP contribution in [0.15, 0.2) is 79.0 Å². The van der Waals surface area contributed by atoms with E-state index >= 15 is 0 Å². The normalized spacial score (nSPS) is 16.6. The highest BCUT2D eigenvalue weighted by molar-refractivity contribution is 6.07. The van der Waals surface area contributed by atoms with E-state index in [1.54, 1.807) is 0 Å². The lowest BCUT2D eigenvalue weighted by molar-refractivity contribution is 0.0789. The van der Waals surface area contributed by atoms with E-state index in [1.807, 2.05) is 88.6 Å². The second kappa shape index (κ2) is 6.93. The Kier molecular flexibility index (Phi) is 4.13. The Morgan fingerprint density at radius 3 is 2.61 bits per heavy atom. The molecule has 5 nitrogen and oxygen atoms in total. The first-order valence-electron chi connectivity index (χ1n) is 9.54. The third-order valence-electron chi connectivity index (χ3n) is 5.42. The van der Waals surface area contributed by atoms with Gasteiger partial charge in [-0.3, -0.25) is 4.79 Å². The molecule has 3 aromatic carbocycles. The molecule has 4 aromatic rings. The van der Waals surface area contributed by atoms with Crippen molar-refractivity contribution in [2.75, 3.05) is 13.1 Å². The van der Waals surface area contributed by atoms with E-state index in [9.17, 15) is 4.79 Å². The molecule has 1 amide bonds. The van der Waals surface area contributed by atoms with E-state index < -0.39 is 0 Å². The average molecular weight is 368 g/mol. The van der Waals surface area contributed by atoms with Gasteiger partial charge in [0.25, 0.3) is 5.91 Å². The fraction of sp³-hybridized carbons (Fsp3) is 0.174. The summed E-state index contributed by atoms with van der Waals surface area (Å²) in [6.07, 6.45) is 2.86. The van der Waals surface area contributed by atoms with Crippen LogP contribution in [0, 0.1) is 0 Å². The van der Waals surface area contributed by atoms with E-state index in [2.05, 4.69) is 10.3 Å². The van der Waals surface area contributed by atoms with Gasteiger partial charge >= 0.3 is 0 Å². The number of likely N-dealkylation sites (tertiary alicyclic amines) is 1. The zero-order valence-electron chi connectivity index (χ0n) is 15.4. The lowest BCUT2D eigenvalue weighted by atomic mass is 10.0. The summed E-state index contributed by atoms with van der Waals surface area (Å²) < 4.78 is 1.90. The maximum atomic E-state index is 13.1. The minimum Gasteiger partial charge on any atom is -0.336 e. The van der Waals surface area contributed by atoms with Gasteiger partial charge in [0.2, 0.25) is 0 Å². The van der Waals surface area contributed by atoms with Crippen LogP contribution in [-0.4, -0.2) is 38.9 Å². The largest absolute Gasteiger partial charge is 0.336 e. The van der Waals surface area contributed by atoms with Crippen molar-refractivity contribution in [2.45, 2.75) is 12.5 Å². The van der Waals surface area contributed by atoms with Crippen molar-refractivity contribution in [3.05, 3.63) is 84.6 Å². The van der Waals surface area contributed by atoms with Crippen LogP contribution in [-0.2, 0) is 0 Å². The van der Waals surface area contributed by atoms with Gasteiger partial charge in [0.05, 0.1) is 12.2 Å². The Hall–Kier alpha value is -3.47. The quantitative estimate of drug-likeness (QED) is 0.545. The number of carbonyl (C=O) groups excluding carboxylic acids is 1. The first-order valence-corrected chi connectivity index (χ1v) is 9.54. The maximum Gasteiger partial charge on any atom is 0.254 e. The third-order valence-corrected chi connectivity index (χ3v) is 5.42. The van der Waals surface area contributed by atoms with E-state index in [-0.39, 0.29) is 11.9 Å². The molecule has 0 spiro atoms. The van der Waals surface area contributed by atoms with Crippen molar-refractivity contribution in [3.8, 4) is 11.3 Å². The minimum absolute atomic E-state index is 0.0858. The number of amides is 1. The van der Waals surface area contributed by atoms with Gasteiger partial charge in [-0.15, -0.1) is 5.10 Å². The van der Waals surface area contributed by atoms with Crippen LogP contribution in [0.3, 0.4) is 0 Å². The summed E-state index contributed by atoms with van der Waals surface area (Å²) in [6, 6.07) is 24.1. The van der Waals surface area contributed by atoms with Crippen molar-refractivity contribution in [1.82, 2.24) is 19.9 Å². The number of aromatic nitrogens is 3. The fourth-order valence-electron chi connectivity index (χ4n) is 3.92. The lowest BCUT2D eigenvalue weighted by Crippen LogP contribution is -2.29. The molecule has 138 valence electrons. The van der Waals surface area contributed by atoms with Crippen molar-refractivity contribution in [2.24, 2.45) is 0 Å². The Morgan fingerprint density at radius 1 is 0.929 bits per heavy atom. The van der Waals surface area contributed by atoms with Crippen LogP contribution in [0.5, 0.6) is 0 Å². The molecule has 0 saturated carbocycles. The standard InChI is InChI=1S/C23H20N4O/c28-23(21-12-6-10-17-7-4-5-11-20(17)21)26-14-13-19(15-26)27-16-22(24-25-27)18-8-2-1-3-9-18/h1-12,16,19H,13-15H2. The van der Waals surface area contributed by atoms with Crippen LogP contribution in [0.2, 0.25) is 0 Å². The molecule has 28 heavy (non-hydrogen) atoms.